The maximum absolute atomic E-state index is 13.1. The molecule has 2 fully saturated rings. The SMILES string of the molecule is CC(C)NC(=O)Nc1ccc(Oc2ccc(NC(=O)c3ccc(-n4cc(CCN5CCCC5)c5ccccc54)cc3)cc2)cc1.CC(C)NC(=O)Nc1ccc(Oc2ccc(NC(=O)c3ccc(-n4cc(CN5CCCCC5)c5ccccc54)cc3)cc2)c(CO)c1. The molecule has 92 heavy (non-hydrogen) atoms. The van der Waals surface area contributed by atoms with E-state index in [2.05, 4.69) is 112 Å². The molecule has 2 aliphatic rings. The Morgan fingerprint density at radius 2 is 0.870 bits per heavy atom. The number of aliphatic hydroxyl groups excluding tert-OH is 1. The molecule has 2 aromatic heterocycles. The van der Waals surface area contributed by atoms with Crippen LogP contribution in [0.1, 0.15) is 97.2 Å². The van der Waals surface area contributed by atoms with Crippen molar-refractivity contribution in [2.75, 3.05) is 54.0 Å². The van der Waals surface area contributed by atoms with Gasteiger partial charge in [0.1, 0.15) is 23.0 Å². The fraction of sp³-hybridized carbons (Fsp3) is 0.253. The van der Waals surface area contributed by atoms with Crippen LogP contribution in [-0.2, 0) is 19.6 Å². The molecule has 10 aromatic rings. The average Bonchev–Trinajstić information content (AvgIpc) is 1.84. The van der Waals surface area contributed by atoms with Gasteiger partial charge in [0.15, 0.2) is 0 Å². The first kappa shape index (κ1) is 63.4. The van der Waals surface area contributed by atoms with Gasteiger partial charge in [-0.3, -0.25) is 14.5 Å². The van der Waals surface area contributed by atoms with Crippen molar-refractivity contribution in [1.29, 1.82) is 0 Å². The summed E-state index contributed by atoms with van der Waals surface area (Å²) in [6.45, 7) is 14.0. The van der Waals surface area contributed by atoms with Gasteiger partial charge in [0.25, 0.3) is 11.8 Å². The molecule has 0 aliphatic carbocycles. The molecule has 2 saturated heterocycles. The Balaban J connectivity index is 0.000000189. The number of hydrogen-bond acceptors (Lipinski definition) is 9. The van der Waals surface area contributed by atoms with E-state index in [1.54, 1.807) is 78.9 Å². The summed E-state index contributed by atoms with van der Waals surface area (Å²) in [6.07, 6.45) is 12.0. The number of fused-ring (bicyclic) bond motifs is 2. The number of hydrogen-bond donors (Lipinski definition) is 7. The molecular weight excluding hydrogens is 1150 g/mol. The minimum absolute atomic E-state index is 0.00206. The van der Waals surface area contributed by atoms with Gasteiger partial charge in [0.05, 0.1) is 17.6 Å². The van der Waals surface area contributed by atoms with Gasteiger partial charge in [-0.25, -0.2) is 9.59 Å². The zero-order chi connectivity index (χ0) is 63.9. The third-order valence-corrected chi connectivity index (χ3v) is 16.3. The number of urea groups is 2. The number of amides is 6. The van der Waals surface area contributed by atoms with Crippen molar-refractivity contribution in [2.45, 2.75) is 91.5 Å². The normalized spacial score (nSPS) is 13.3. The lowest BCUT2D eigenvalue weighted by molar-refractivity contribution is 0.101. The average molecular weight is 1230 g/mol. The molecule has 0 saturated carbocycles. The molecule has 12 rings (SSSR count). The number of aliphatic hydroxyl groups is 1. The van der Waals surface area contributed by atoms with E-state index in [1.807, 2.05) is 88.4 Å². The summed E-state index contributed by atoms with van der Waals surface area (Å²) in [5.74, 6) is 1.89. The maximum atomic E-state index is 13.1. The Labute approximate surface area is 537 Å². The fourth-order valence-electron chi connectivity index (χ4n) is 11.7. The number of ether oxygens (including phenoxy) is 2. The number of benzene rings is 8. The monoisotopic (exact) mass is 1230 g/mol. The summed E-state index contributed by atoms with van der Waals surface area (Å²) in [7, 11) is 0. The highest BCUT2D eigenvalue weighted by molar-refractivity contribution is 6.05. The standard InChI is InChI=1S/C38H41N5O4.C37H39N5O3/c1-26(2)39-38(46)41-31-14-19-36(28(22-31)25-44)47-33-17-12-30(13-18-33)40-37(45)27-10-15-32(16-11-27)43-24-29(23-42-20-6-3-7-21-42)34-8-4-5-9-35(34)43;1-26(2)38-37(44)40-30-13-19-33(20-14-30)45-32-17-11-29(12-18-32)39-36(43)27-9-15-31(16-10-27)42-25-28(21-24-41-22-5-6-23-41)34-7-3-4-8-35(34)42/h4-5,8-19,22,24,26,44H,3,6-7,20-21,23,25H2,1-2H3,(H,40,45)(H2,39,41,46);3-4,7-20,25-26H,5-6,21-24H2,1-2H3,(H,39,43)(H2,38,40,44). The van der Waals surface area contributed by atoms with Gasteiger partial charge in [-0.05, 0) is 249 Å². The third-order valence-electron chi connectivity index (χ3n) is 16.3. The van der Waals surface area contributed by atoms with Crippen LogP contribution in [0, 0.1) is 0 Å². The highest BCUT2D eigenvalue weighted by Gasteiger charge is 2.19. The van der Waals surface area contributed by atoms with E-state index in [0.29, 0.717) is 62.4 Å². The minimum Gasteiger partial charge on any atom is -0.457 e. The van der Waals surface area contributed by atoms with Gasteiger partial charge >= 0.3 is 12.1 Å². The molecule has 0 spiro atoms. The van der Waals surface area contributed by atoms with E-state index in [4.69, 9.17) is 9.47 Å². The van der Waals surface area contributed by atoms with Crippen LogP contribution in [0.4, 0.5) is 32.3 Å². The highest BCUT2D eigenvalue weighted by atomic mass is 16.5. The summed E-state index contributed by atoms with van der Waals surface area (Å²) in [6, 6.07) is 58.4. The van der Waals surface area contributed by atoms with E-state index >= 15 is 0 Å². The Bertz CT molecular complexity index is 4130. The lowest BCUT2D eigenvalue weighted by Crippen LogP contribution is -2.34. The van der Waals surface area contributed by atoms with E-state index < -0.39 is 0 Å². The second kappa shape index (κ2) is 30.1. The van der Waals surface area contributed by atoms with Gasteiger partial charge in [-0.1, -0.05) is 42.8 Å². The molecule has 17 heteroatoms. The van der Waals surface area contributed by atoms with Gasteiger partial charge in [0, 0.05) is 99.2 Å². The van der Waals surface area contributed by atoms with Crippen LogP contribution in [0.2, 0.25) is 0 Å². The molecule has 0 bridgehead atoms. The zero-order valence-corrected chi connectivity index (χ0v) is 52.6. The molecule has 7 N–H and O–H groups in total. The minimum atomic E-state index is -0.321. The van der Waals surface area contributed by atoms with Crippen LogP contribution < -0.4 is 41.4 Å². The Morgan fingerprint density at radius 3 is 1.37 bits per heavy atom. The molecule has 17 nitrogen and oxygen atoms in total. The van der Waals surface area contributed by atoms with Gasteiger partial charge in [-0.15, -0.1) is 0 Å². The smallest absolute Gasteiger partial charge is 0.319 e. The maximum Gasteiger partial charge on any atom is 0.319 e. The van der Waals surface area contributed by atoms with E-state index in [1.165, 1.54) is 72.6 Å². The van der Waals surface area contributed by atoms with Crippen molar-refractivity contribution in [3.8, 4) is 34.4 Å². The first-order valence-electron chi connectivity index (χ1n) is 31.8. The fourth-order valence-corrected chi connectivity index (χ4v) is 11.7. The van der Waals surface area contributed by atoms with Crippen molar-refractivity contribution < 1.29 is 33.8 Å². The predicted molar refractivity (Wildman–Crippen MR) is 367 cm³/mol. The number of nitrogens with zero attached hydrogens (tertiary/aromatic N) is 4. The van der Waals surface area contributed by atoms with Crippen molar-refractivity contribution in [3.05, 3.63) is 228 Å². The number of anilines is 4. The van der Waals surface area contributed by atoms with Crippen molar-refractivity contribution in [2.24, 2.45) is 0 Å². The quantitative estimate of drug-likeness (QED) is 0.0389. The Hall–Kier alpha value is -10.2. The summed E-state index contributed by atoms with van der Waals surface area (Å²) in [5, 5.41) is 29.5. The first-order valence-corrected chi connectivity index (χ1v) is 31.8. The van der Waals surface area contributed by atoms with Crippen LogP contribution in [0.5, 0.6) is 23.0 Å². The summed E-state index contributed by atoms with van der Waals surface area (Å²) < 4.78 is 16.4. The van der Waals surface area contributed by atoms with Crippen molar-refractivity contribution >= 4 is 68.4 Å². The largest absolute Gasteiger partial charge is 0.457 e. The number of piperidine rings is 1. The zero-order valence-electron chi connectivity index (χ0n) is 52.6. The Morgan fingerprint density at radius 1 is 0.446 bits per heavy atom. The lowest BCUT2D eigenvalue weighted by Gasteiger charge is -2.26. The van der Waals surface area contributed by atoms with E-state index in [0.717, 1.165) is 49.5 Å². The van der Waals surface area contributed by atoms with Gasteiger partial charge in [0.2, 0.25) is 0 Å². The van der Waals surface area contributed by atoms with Crippen molar-refractivity contribution in [1.82, 2.24) is 29.6 Å². The third kappa shape index (κ3) is 16.6. The lowest BCUT2D eigenvalue weighted by atomic mass is 10.1. The molecule has 0 radical (unpaired) electrons. The first-order chi connectivity index (χ1) is 44.8. The second-order valence-corrected chi connectivity index (χ2v) is 24.0. The predicted octanol–water partition coefficient (Wildman–Crippen LogP) is 15.5. The Kier molecular flexibility index (Phi) is 20.7. The number of carbonyl (C=O) groups is 4. The number of rotatable bonds is 20. The second-order valence-electron chi connectivity index (χ2n) is 24.0. The molecule has 0 atom stereocenters. The molecule has 8 aromatic carbocycles. The van der Waals surface area contributed by atoms with Crippen molar-refractivity contribution in [3.63, 3.8) is 0 Å². The van der Waals surface area contributed by atoms with Crippen LogP contribution in [0.25, 0.3) is 33.2 Å². The summed E-state index contributed by atoms with van der Waals surface area (Å²) in [5.41, 5.74) is 11.2. The van der Waals surface area contributed by atoms with Gasteiger partial charge < -0.3 is 60.5 Å². The topological polar surface area (TPSA) is 195 Å². The number of para-hydroxylation sites is 2. The number of nitrogens with one attached hydrogen (secondary N) is 6. The van der Waals surface area contributed by atoms with Crippen LogP contribution in [0.3, 0.4) is 0 Å². The summed E-state index contributed by atoms with van der Waals surface area (Å²) in [4.78, 5) is 55.2. The molecule has 6 amide bonds. The van der Waals surface area contributed by atoms with E-state index in [9.17, 15) is 24.3 Å². The highest BCUT2D eigenvalue weighted by Crippen LogP contribution is 2.32. The number of likely N-dealkylation sites (tertiary alicyclic amines) is 2. The molecule has 2 aliphatic heterocycles. The van der Waals surface area contributed by atoms with Gasteiger partial charge in [-0.2, -0.15) is 0 Å². The van der Waals surface area contributed by atoms with Crippen LogP contribution in [0.15, 0.2) is 200 Å². The number of aromatic nitrogens is 2. The molecule has 0 unspecified atom stereocenters. The molecular formula is C75H80N10O7. The molecule has 4 heterocycles. The van der Waals surface area contributed by atoms with Crippen LogP contribution in [-0.4, -0.2) is 92.7 Å². The van der Waals surface area contributed by atoms with Crippen LogP contribution >= 0.6 is 0 Å². The molecule has 472 valence electrons. The summed E-state index contributed by atoms with van der Waals surface area (Å²) >= 11 is 0. The van der Waals surface area contributed by atoms with E-state index in [-0.39, 0.29) is 42.6 Å². The number of carbonyl (C=O) groups excluding carboxylic acids is 4.